The molecule has 1 aliphatic heterocycles. The van der Waals surface area contributed by atoms with Gasteiger partial charge in [-0.1, -0.05) is 53.8 Å². The van der Waals surface area contributed by atoms with Crippen LogP contribution in [0.2, 0.25) is 0 Å². The molecule has 0 N–H and O–H groups in total. The standard InChI is InChI=1S/C24H22N2O/c1-18-6-8-21(9-7-18)16-26-13-12-25-17-22(15-23(25)24(26)27)11-10-20-5-3-4-19(2)14-20/h3-9,14-15,17H,12-13,16H2,1-2H3. The largest absolute Gasteiger partial charge is 0.340 e. The summed E-state index contributed by atoms with van der Waals surface area (Å²) in [6.45, 7) is 6.30. The van der Waals surface area contributed by atoms with Gasteiger partial charge in [0.25, 0.3) is 5.91 Å². The molecule has 0 atom stereocenters. The van der Waals surface area contributed by atoms with Crippen molar-refractivity contribution in [3.8, 4) is 11.8 Å². The third-order valence-corrected chi connectivity index (χ3v) is 4.88. The van der Waals surface area contributed by atoms with Crippen LogP contribution in [-0.2, 0) is 13.1 Å². The maximum absolute atomic E-state index is 12.9. The number of aryl methyl sites for hydroxylation is 2. The first-order chi connectivity index (χ1) is 13.1. The van der Waals surface area contributed by atoms with Crippen molar-refractivity contribution in [2.24, 2.45) is 0 Å². The Hall–Kier alpha value is -3.25. The minimum absolute atomic E-state index is 0.0745. The molecule has 0 fully saturated rings. The molecule has 2 aromatic carbocycles. The van der Waals surface area contributed by atoms with Gasteiger partial charge in [0.15, 0.2) is 0 Å². The average Bonchev–Trinajstić information content (AvgIpc) is 3.08. The Kier molecular flexibility index (Phi) is 4.56. The van der Waals surface area contributed by atoms with E-state index in [1.165, 1.54) is 11.1 Å². The quantitative estimate of drug-likeness (QED) is 0.635. The van der Waals surface area contributed by atoms with E-state index in [0.29, 0.717) is 6.54 Å². The molecular formula is C24H22N2O. The maximum atomic E-state index is 12.9. The minimum Gasteiger partial charge on any atom is -0.340 e. The number of carbonyl (C=O) groups excluding carboxylic acids is 1. The predicted octanol–water partition coefficient (Wildman–Crippen LogP) is 4.16. The predicted molar refractivity (Wildman–Crippen MR) is 108 cm³/mol. The van der Waals surface area contributed by atoms with Gasteiger partial charge in [-0.15, -0.1) is 0 Å². The molecule has 1 aromatic heterocycles. The van der Waals surface area contributed by atoms with Gasteiger partial charge in [-0.05, 0) is 43.2 Å². The number of rotatable bonds is 2. The van der Waals surface area contributed by atoms with Crippen LogP contribution in [0.15, 0.2) is 60.8 Å². The molecule has 0 spiro atoms. The van der Waals surface area contributed by atoms with Gasteiger partial charge in [-0.3, -0.25) is 4.79 Å². The van der Waals surface area contributed by atoms with Gasteiger partial charge < -0.3 is 9.47 Å². The molecule has 134 valence electrons. The fourth-order valence-corrected chi connectivity index (χ4v) is 3.37. The van der Waals surface area contributed by atoms with Crippen molar-refractivity contribution in [3.63, 3.8) is 0 Å². The molecule has 0 aliphatic carbocycles. The first-order valence-corrected chi connectivity index (χ1v) is 9.22. The number of carbonyl (C=O) groups is 1. The first-order valence-electron chi connectivity index (χ1n) is 9.22. The number of benzene rings is 2. The van der Waals surface area contributed by atoms with E-state index in [9.17, 15) is 4.79 Å². The number of amides is 1. The molecule has 3 heteroatoms. The molecule has 0 saturated heterocycles. The second-order valence-electron chi connectivity index (χ2n) is 7.14. The van der Waals surface area contributed by atoms with Crippen LogP contribution in [0.5, 0.6) is 0 Å². The summed E-state index contributed by atoms with van der Waals surface area (Å²) in [5.74, 6) is 6.46. The summed E-state index contributed by atoms with van der Waals surface area (Å²) in [5.41, 5.74) is 6.19. The Morgan fingerprint density at radius 2 is 1.67 bits per heavy atom. The second-order valence-corrected chi connectivity index (χ2v) is 7.14. The van der Waals surface area contributed by atoms with E-state index in [-0.39, 0.29) is 5.91 Å². The molecule has 27 heavy (non-hydrogen) atoms. The highest BCUT2D eigenvalue weighted by atomic mass is 16.2. The summed E-state index contributed by atoms with van der Waals surface area (Å²) >= 11 is 0. The number of hydrogen-bond donors (Lipinski definition) is 0. The summed E-state index contributed by atoms with van der Waals surface area (Å²) in [4.78, 5) is 14.8. The van der Waals surface area contributed by atoms with Gasteiger partial charge in [0, 0.05) is 37.0 Å². The highest BCUT2D eigenvalue weighted by Crippen LogP contribution is 2.18. The van der Waals surface area contributed by atoms with E-state index in [1.807, 2.05) is 33.9 Å². The summed E-state index contributed by atoms with van der Waals surface area (Å²) in [6.07, 6.45) is 1.99. The molecular weight excluding hydrogens is 332 g/mol. The van der Waals surface area contributed by atoms with Crippen LogP contribution >= 0.6 is 0 Å². The SMILES string of the molecule is Cc1ccc(CN2CCn3cc(C#Cc4cccc(C)c4)cc3C2=O)cc1. The monoisotopic (exact) mass is 354 g/mol. The van der Waals surface area contributed by atoms with E-state index in [0.717, 1.165) is 35.5 Å². The summed E-state index contributed by atoms with van der Waals surface area (Å²) in [6, 6.07) is 18.4. The molecule has 3 aromatic rings. The Bertz CT molecular complexity index is 1050. The van der Waals surface area contributed by atoms with E-state index in [4.69, 9.17) is 0 Å². The van der Waals surface area contributed by atoms with E-state index >= 15 is 0 Å². The number of fused-ring (bicyclic) bond motifs is 1. The van der Waals surface area contributed by atoms with Gasteiger partial charge in [0.05, 0.1) is 0 Å². The van der Waals surface area contributed by atoms with Crippen molar-refractivity contribution in [2.45, 2.75) is 26.9 Å². The van der Waals surface area contributed by atoms with E-state index in [2.05, 4.69) is 62.1 Å². The Labute approximate surface area is 160 Å². The third kappa shape index (κ3) is 3.80. The molecule has 4 rings (SSSR count). The zero-order valence-corrected chi connectivity index (χ0v) is 15.7. The van der Waals surface area contributed by atoms with Gasteiger partial charge in [-0.2, -0.15) is 0 Å². The fraction of sp³-hybridized carbons (Fsp3) is 0.208. The molecule has 1 amide bonds. The number of hydrogen-bond acceptors (Lipinski definition) is 1. The third-order valence-electron chi connectivity index (χ3n) is 4.88. The Morgan fingerprint density at radius 3 is 2.44 bits per heavy atom. The van der Waals surface area contributed by atoms with Crippen molar-refractivity contribution in [1.29, 1.82) is 0 Å². The molecule has 0 bridgehead atoms. The van der Waals surface area contributed by atoms with Crippen LogP contribution < -0.4 is 0 Å². The lowest BCUT2D eigenvalue weighted by Crippen LogP contribution is -2.39. The normalized spacial score (nSPS) is 13.1. The fourth-order valence-electron chi connectivity index (χ4n) is 3.37. The van der Waals surface area contributed by atoms with E-state index < -0.39 is 0 Å². The lowest BCUT2D eigenvalue weighted by Gasteiger charge is -2.28. The second kappa shape index (κ2) is 7.17. The zero-order valence-electron chi connectivity index (χ0n) is 15.7. The van der Waals surface area contributed by atoms with Crippen LogP contribution in [0.1, 0.15) is 38.3 Å². The Morgan fingerprint density at radius 1 is 0.889 bits per heavy atom. The van der Waals surface area contributed by atoms with Crippen molar-refractivity contribution < 1.29 is 4.79 Å². The van der Waals surface area contributed by atoms with Crippen LogP contribution in [-0.4, -0.2) is 21.9 Å². The highest BCUT2D eigenvalue weighted by Gasteiger charge is 2.25. The minimum atomic E-state index is 0.0745. The summed E-state index contributed by atoms with van der Waals surface area (Å²) < 4.78 is 2.02. The van der Waals surface area contributed by atoms with Gasteiger partial charge in [0.1, 0.15) is 5.69 Å². The average molecular weight is 354 g/mol. The maximum Gasteiger partial charge on any atom is 0.270 e. The first kappa shape index (κ1) is 17.2. The van der Waals surface area contributed by atoms with E-state index in [1.54, 1.807) is 0 Å². The summed E-state index contributed by atoms with van der Waals surface area (Å²) in [5, 5.41) is 0. The van der Waals surface area contributed by atoms with Crippen LogP contribution in [0.25, 0.3) is 0 Å². The van der Waals surface area contributed by atoms with Crippen LogP contribution in [0.3, 0.4) is 0 Å². The van der Waals surface area contributed by atoms with Crippen molar-refractivity contribution in [3.05, 3.63) is 94.3 Å². The van der Waals surface area contributed by atoms with Crippen molar-refractivity contribution in [1.82, 2.24) is 9.47 Å². The number of aromatic nitrogens is 1. The smallest absolute Gasteiger partial charge is 0.270 e. The van der Waals surface area contributed by atoms with Crippen LogP contribution in [0, 0.1) is 25.7 Å². The van der Waals surface area contributed by atoms with Crippen LogP contribution in [0.4, 0.5) is 0 Å². The molecule has 3 nitrogen and oxygen atoms in total. The highest BCUT2D eigenvalue weighted by molar-refractivity contribution is 5.94. The lowest BCUT2D eigenvalue weighted by molar-refractivity contribution is 0.0691. The van der Waals surface area contributed by atoms with Gasteiger partial charge in [-0.25, -0.2) is 0 Å². The molecule has 1 aliphatic rings. The molecule has 0 saturated carbocycles. The lowest BCUT2D eigenvalue weighted by atomic mass is 10.1. The zero-order chi connectivity index (χ0) is 18.8. The van der Waals surface area contributed by atoms with Crippen molar-refractivity contribution in [2.75, 3.05) is 6.54 Å². The molecule has 0 radical (unpaired) electrons. The number of nitrogens with zero attached hydrogens (tertiary/aromatic N) is 2. The van der Waals surface area contributed by atoms with Gasteiger partial charge >= 0.3 is 0 Å². The summed E-state index contributed by atoms with van der Waals surface area (Å²) in [7, 11) is 0. The molecule has 0 unspecified atom stereocenters. The molecule has 2 heterocycles. The van der Waals surface area contributed by atoms with Gasteiger partial charge in [0.2, 0.25) is 0 Å². The topological polar surface area (TPSA) is 25.2 Å². The van der Waals surface area contributed by atoms with Crippen molar-refractivity contribution >= 4 is 5.91 Å². The Balaban J connectivity index is 1.53.